The van der Waals surface area contributed by atoms with Crippen LogP contribution in [0.25, 0.3) is 0 Å². The zero-order valence-electron chi connectivity index (χ0n) is 12.1. The van der Waals surface area contributed by atoms with Gasteiger partial charge in [0.15, 0.2) is 0 Å². The summed E-state index contributed by atoms with van der Waals surface area (Å²) in [5, 5.41) is 0.810. The van der Waals surface area contributed by atoms with E-state index in [1.807, 2.05) is 29.5 Å². The molecule has 1 aromatic heterocycles. The lowest BCUT2D eigenvalue weighted by Crippen LogP contribution is -2.36. The van der Waals surface area contributed by atoms with Gasteiger partial charge in [-0.1, -0.05) is 29.8 Å². The molecule has 2 N–H and O–H groups in total. The van der Waals surface area contributed by atoms with Crippen molar-refractivity contribution in [1.29, 1.82) is 0 Å². The average molecular weight is 309 g/mol. The third kappa shape index (κ3) is 3.61. The van der Waals surface area contributed by atoms with E-state index >= 15 is 0 Å². The lowest BCUT2D eigenvalue weighted by molar-refractivity contribution is 0.214. The Balaban J connectivity index is 2.20. The molecule has 2 aromatic rings. The number of nitrogens with two attached hydrogens (primary N) is 1. The van der Waals surface area contributed by atoms with E-state index < -0.39 is 0 Å². The van der Waals surface area contributed by atoms with Crippen LogP contribution in [0.4, 0.5) is 0 Å². The van der Waals surface area contributed by atoms with Crippen LogP contribution in [0.2, 0.25) is 5.02 Å². The fourth-order valence-electron chi connectivity index (χ4n) is 2.48. The summed E-state index contributed by atoms with van der Waals surface area (Å²) in [7, 11) is 2.10. The maximum absolute atomic E-state index is 6.25. The van der Waals surface area contributed by atoms with E-state index in [2.05, 4.69) is 44.0 Å². The third-order valence-electron chi connectivity index (χ3n) is 3.40. The summed E-state index contributed by atoms with van der Waals surface area (Å²) in [6.07, 6.45) is 0. The number of hydrogen-bond donors (Lipinski definition) is 1. The van der Waals surface area contributed by atoms with Crippen molar-refractivity contribution in [2.75, 3.05) is 7.05 Å². The van der Waals surface area contributed by atoms with Gasteiger partial charge in [-0.15, -0.1) is 11.3 Å². The molecule has 0 saturated carbocycles. The van der Waals surface area contributed by atoms with Gasteiger partial charge in [-0.2, -0.15) is 0 Å². The van der Waals surface area contributed by atoms with Crippen molar-refractivity contribution in [1.82, 2.24) is 4.90 Å². The molecule has 0 saturated heterocycles. The normalized spacial score (nSPS) is 14.5. The first-order valence-corrected chi connectivity index (χ1v) is 7.94. The molecule has 0 radical (unpaired) electrons. The lowest BCUT2D eigenvalue weighted by atomic mass is 10.1. The summed E-state index contributed by atoms with van der Waals surface area (Å²) in [5.41, 5.74) is 7.34. The molecule has 0 amide bonds. The number of thiophene rings is 1. The Morgan fingerprint density at radius 3 is 2.50 bits per heavy atom. The number of likely N-dealkylation sites (N-methyl/N-ethyl adjacent to an activating group) is 1. The van der Waals surface area contributed by atoms with Gasteiger partial charge in [-0.05, 0) is 44.7 Å². The minimum Gasteiger partial charge on any atom is -0.326 e. The van der Waals surface area contributed by atoms with Crippen molar-refractivity contribution in [2.24, 2.45) is 5.73 Å². The maximum Gasteiger partial charge on any atom is 0.0591 e. The SMILES string of the molecule is Cc1ccc(C(C(C)N)N(C)Cc2ccccc2Cl)s1. The van der Waals surface area contributed by atoms with Crippen molar-refractivity contribution in [3.05, 3.63) is 56.7 Å². The van der Waals surface area contributed by atoms with Crippen LogP contribution in [0.15, 0.2) is 36.4 Å². The van der Waals surface area contributed by atoms with Crippen LogP contribution in [0, 0.1) is 6.92 Å². The van der Waals surface area contributed by atoms with Gasteiger partial charge in [0, 0.05) is 27.4 Å². The van der Waals surface area contributed by atoms with Crippen LogP contribution >= 0.6 is 22.9 Å². The highest BCUT2D eigenvalue weighted by atomic mass is 35.5. The van der Waals surface area contributed by atoms with Crippen LogP contribution in [0.1, 0.15) is 28.3 Å². The molecule has 0 aliphatic heterocycles. The van der Waals surface area contributed by atoms with Crippen molar-refractivity contribution in [3.63, 3.8) is 0 Å². The van der Waals surface area contributed by atoms with Crippen LogP contribution in [0.3, 0.4) is 0 Å². The molecule has 1 heterocycles. The molecule has 0 fully saturated rings. The summed E-state index contributed by atoms with van der Waals surface area (Å²) >= 11 is 8.06. The van der Waals surface area contributed by atoms with Crippen molar-refractivity contribution >= 4 is 22.9 Å². The first-order valence-electron chi connectivity index (χ1n) is 6.74. The number of hydrogen-bond acceptors (Lipinski definition) is 3. The van der Waals surface area contributed by atoms with E-state index in [1.165, 1.54) is 9.75 Å². The fourth-order valence-corrected chi connectivity index (χ4v) is 3.84. The molecule has 20 heavy (non-hydrogen) atoms. The minimum atomic E-state index is 0.0699. The van der Waals surface area contributed by atoms with Gasteiger partial charge in [0.2, 0.25) is 0 Å². The van der Waals surface area contributed by atoms with Gasteiger partial charge in [0.05, 0.1) is 6.04 Å². The number of rotatable bonds is 5. The van der Waals surface area contributed by atoms with E-state index in [1.54, 1.807) is 0 Å². The van der Waals surface area contributed by atoms with E-state index in [0.717, 1.165) is 17.1 Å². The molecule has 108 valence electrons. The van der Waals surface area contributed by atoms with Gasteiger partial charge in [0.25, 0.3) is 0 Å². The third-order valence-corrected chi connectivity index (χ3v) is 4.84. The van der Waals surface area contributed by atoms with Gasteiger partial charge >= 0.3 is 0 Å². The van der Waals surface area contributed by atoms with Crippen molar-refractivity contribution in [2.45, 2.75) is 32.5 Å². The summed E-state index contributed by atoms with van der Waals surface area (Å²) in [6, 6.07) is 12.6. The van der Waals surface area contributed by atoms with Crippen molar-refractivity contribution < 1.29 is 0 Å². The second-order valence-electron chi connectivity index (χ2n) is 5.26. The highest BCUT2D eigenvalue weighted by molar-refractivity contribution is 7.12. The van der Waals surface area contributed by atoms with Gasteiger partial charge < -0.3 is 5.73 Å². The fraction of sp³-hybridized carbons (Fsp3) is 0.375. The van der Waals surface area contributed by atoms with Crippen molar-refractivity contribution in [3.8, 4) is 0 Å². The quantitative estimate of drug-likeness (QED) is 0.895. The van der Waals surface area contributed by atoms with Crippen LogP contribution in [-0.2, 0) is 6.54 Å². The molecule has 1 aromatic carbocycles. The first-order chi connectivity index (χ1) is 9.49. The van der Waals surface area contributed by atoms with E-state index in [9.17, 15) is 0 Å². The standard InChI is InChI=1S/C16H21ClN2S/c1-11-8-9-15(20-11)16(12(2)18)19(3)10-13-6-4-5-7-14(13)17/h4-9,12,16H,10,18H2,1-3H3. The van der Waals surface area contributed by atoms with Gasteiger partial charge in [0.1, 0.15) is 0 Å². The molecule has 0 spiro atoms. The lowest BCUT2D eigenvalue weighted by Gasteiger charge is -2.30. The molecule has 0 aliphatic carbocycles. The monoisotopic (exact) mass is 308 g/mol. The smallest absolute Gasteiger partial charge is 0.0591 e. The molecular weight excluding hydrogens is 288 g/mol. The Kier molecular flexibility index (Phi) is 5.22. The molecule has 2 rings (SSSR count). The second kappa shape index (κ2) is 6.72. The first kappa shape index (κ1) is 15.5. The molecule has 4 heteroatoms. The van der Waals surface area contributed by atoms with Gasteiger partial charge in [-0.3, -0.25) is 4.90 Å². The number of aryl methyl sites for hydroxylation is 1. The largest absolute Gasteiger partial charge is 0.326 e. The van der Waals surface area contributed by atoms with Crippen LogP contribution in [-0.4, -0.2) is 18.0 Å². The van der Waals surface area contributed by atoms with E-state index in [0.29, 0.717) is 0 Å². The maximum atomic E-state index is 6.25. The Hall–Kier alpha value is -0.870. The zero-order valence-corrected chi connectivity index (χ0v) is 13.7. The van der Waals surface area contributed by atoms with Crippen LogP contribution < -0.4 is 5.73 Å². The van der Waals surface area contributed by atoms with E-state index in [-0.39, 0.29) is 12.1 Å². The molecule has 0 bridgehead atoms. The predicted molar refractivity (Wildman–Crippen MR) is 88.4 cm³/mol. The Morgan fingerprint density at radius 2 is 1.95 bits per heavy atom. The predicted octanol–water partition coefficient (Wildman–Crippen LogP) is 4.23. The second-order valence-corrected chi connectivity index (χ2v) is 6.99. The zero-order chi connectivity index (χ0) is 14.7. The molecule has 0 aliphatic rings. The van der Waals surface area contributed by atoms with E-state index in [4.69, 9.17) is 17.3 Å². The number of benzene rings is 1. The van der Waals surface area contributed by atoms with Crippen LogP contribution in [0.5, 0.6) is 0 Å². The minimum absolute atomic E-state index is 0.0699. The summed E-state index contributed by atoms with van der Waals surface area (Å²) in [6.45, 7) is 4.98. The molecule has 2 nitrogen and oxygen atoms in total. The summed E-state index contributed by atoms with van der Waals surface area (Å²) in [5.74, 6) is 0. The summed E-state index contributed by atoms with van der Waals surface area (Å²) in [4.78, 5) is 4.90. The molecule has 2 atom stereocenters. The molecule has 2 unspecified atom stereocenters. The van der Waals surface area contributed by atoms with Gasteiger partial charge in [-0.25, -0.2) is 0 Å². The average Bonchev–Trinajstić information content (AvgIpc) is 2.78. The Morgan fingerprint density at radius 1 is 1.25 bits per heavy atom. The summed E-state index contributed by atoms with van der Waals surface area (Å²) < 4.78 is 0. The topological polar surface area (TPSA) is 29.3 Å². The number of nitrogens with zero attached hydrogens (tertiary/aromatic N) is 1. The Labute approximate surface area is 130 Å². The highest BCUT2D eigenvalue weighted by Crippen LogP contribution is 2.30. The molecular formula is C16H21ClN2S. The highest BCUT2D eigenvalue weighted by Gasteiger charge is 2.23. The Bertz CT molecular complexity index is 565. The number of halogens is 1.